The Balaban J connectivity index is 0.000000393. The van der Waals surface area contributed by atoms with Crippen LogP contribution in [-0.2, 0) is 31.4 Å². The van der Waals surface area contributed by atoms with E-state index in [2.05, 4.69) is 35.9 Å². The molecule has 1 aromatic carbocycles. The van der Waals surface area contributed by atoms with Gasteiger partial charge in [-0.25, -0.2) is 13.0 Å². The lowest BCUT2D eigenvalue weighted by Gasteiger charge is -2.53. The molecule has 0 radical (unpaired) electrons. The van der Waals surface area contributed by atoms with Crippen molar-refractivity contribution in [1.82, 2.24) is 0 Å². The molecule has 2 heterocycles. The van der Waals surface area contributed by atoms with E-state index < -0.39 is 10.1 Å². The van der Waals surface area contributed by atoms with Crippen LogP contribution in [0.25, 0.3) is 0 Å². The summed E-state index contributed by atoms with van der Waals surface area (Å²) >= 11 is 0. The Kier molecular flexibility index (Phi) is 5.50. The Hall–Kier alpha value is -1.48. The molecule has 0 bridgehead atoms. The minimum absolute atomic E-state index is 0.116. The first-order valence-electron chi connectivity index (χ1n) is 10.6. The second kappa shape index (κ2) is 7.58. The Morgan fingerprint density at radius 2 is 1.90 bits per heavy atom. The molecule has 4 aliphatic rings. The Morgan fingerprint density at radius 3 is 2.53 bits per heavy atom. The maximum absolute atomic E-state index is 9.08. The van der Waals surface area contributed by atoms with Crippen molar-refractivity contribution in [2.45, 2.75) is 50.2 Å². The van der Waals surface area contributed by atoms with Crippen LogP contribution >= 0.6 is 0 Å². The van der Waals surface area contributed by atoms with Crippen molar-refractivity contribution in [2.24, 2.45) is 5.41 Å². The van der Waals surface area contributed by atoms with Gasteiger partial charge >= 0.3 is 0 Å². The van der Waals surface area contributed by atoms with Crippen molar-refractivity contribution in [3.05, 3.63) is 29.3 Å². The molecular weight excluding hydrogens is 406 g/mol. The van der Waals surface area contributed by atoms with Crippen molar-refractivity contribution < 1.29 is 31.8 Å². The fourth-order valence-electron chi connectivity index (χ4n) is 6.07. The monoisotopic (exact) mass is 437 g/mol. The van der Waals surface area contributed by atoms with E-state index in [4.69, 9.17) is 27.2 Å². The van der Waals surface area contributed by atoms with Gasteiger partial charge in [-0.15, -0.1) is 0 Å². The van der Waals surface area contributed by atoms with Crippen LogP contribution in [0.4, 0.5) is 0 Å². The number of rotatable bonds is 2. The molecule has 0 amide bonds. The summed E-state index contributed by atoms with van der Waals surface area (Å²) in [5, 5.41) is 0. The average molecular weight is 438 g/mol. The van der Waals surface area contributed by atoms with Gasteiger partial charge in [-0.2, -0.15) is 0 Å². The van der Waals surface area contributed by atoms with Crippen LogP contribution in [-0.4, -0.2) is 69.2 Å². The van der Waals surface area contributed by atoms with Crippen molar-refractivity contribution in [2.75, 3.05) is 39.7 Å². The van der Waals surface area contributed by atoms with Gasteiger partial charge in [0.25, 0.3) is 0 Å². The predicted molar refractivity (Wildman–Crippen MR) is 111 cm³/mol. The van der Waals surface area contributed by atoms with E-state index in [0.717, 1.165) is 57.7 Å². The molecule has 7 nitrogen and oxygen atoms in total. The number of benzene rings is 1. The third-order valence-electron chi connectivity index (χ3n) is 7.29. The minimum Gasteiger partial charge on any atom is -0.748 e. The van der Waals surface area contributed by atoms with Crippen molar-refractivity contribution >= 4 is 16.3 Å². The van der Waals surface area contributed by atoms with Gasteiger partial charge < -0.3 is 18.8 Å². The normalized spacial score (nSPS) is 31.1. The quantitative estimate of drug-likeness (QED) is 0.520. The number of nitrogens with zero attached hydrogens (tertiary/aromatic N) is 1. The summed E-state index contributed by atoms with van der Waals surface area (Å²) in [5.74, 6) is 0.603. The number of ether oxygens (including phenoxy) is 3. The number of methoxy groups -OCH3 is 1. The first kappa shape index (κ1) is 21.7. The van der Waals surface area contributed by atoms with E-state index >= 15 is 0 Å². The van der Waals surface area contributed by atoms with E-state index in [-0.39, 0.29) is 16.6 Å². The van der Waals surface area contributed by atoms with Gasteiger partial charge in [-0.1, -0.05) is 6.07 Å². The highest BCUT2D eigenvalue weighted by Gasteiger charge is 2.67. The molecule has 30 heavy (non-hydrogen) atoms. The third-order valence-corrected chi connectivity index (χ3v) is 7.29. The smallest absolute Gasteiger partial charge is 0.169 e. The Bertz CT molecular complexity index is 944. The van der Waals surface area contributed by atoms with Crippen LogP contribution in [0, 0.1) is 5.41 Å². The summed E-state index contributed by atoms with van der Waals surface area (Å²) in [5.41, 5.74) is 3.30. The molecule has 0 aromatic heterocycles. The van der Waals surface area contributed by atoms with Crippen LogP contribution < -0.4 is 4.74 Å². The zero-order chi connectivity index (χ0) is 21.6. The van der Waals surface area contributed by atoms with E-state index in [9.17, 15) is 0 Å². The SMILES string of the molecule is CC[N+]1=CC23CCC4(CC2(CC1)c1cc(OC)ccc1C3)OCCO4.CS(=O)(=O)[O-]. The Labute approximate surface area is 178 Å². The molecule has 1 aromatic rings. The van der Waals surface area contributed by atoms with Crippen LogP contribution in [0.1, 0.15) is 43.7 Å². The summed E-state index contributed by atoms with van der Waals surface area (Å²) < 4.78 is 47.7. The molecule has 2 atom stereocenters. The van der Waals surface area contributed by atoms with Crippen LogP contribution in [0.2, 0.25) is 0 Å². The fraction of sp³-hybridized carbons (Fsp3) is 0.682. The second-order valence-electron chi connectivity index (χ2n) is 8.93. The first-order valence-corrected chi connectivity index (χ1v) is 12.4. The lowest BCUT2D eigenvalue weighted by Crippen LogP contribution is -2.59. The minimum atomic E-state index is -3.92. The molecule has 2 fully saturated rings. The van der Waals surface area contributed by atoms with Crippen LogP contribution in [0.3, 0.4) is 0 Å². The number of hydrogen-bond acceptors (Lipinski definition) is 6. The summed E-state index contributed by atoms with van der Waals surface area (Å²) in [6, 6.07) is 6.69. The lowest BCUT2D eigenvalue weighted by molar-refractivity contribution is -0.533. The van der Waals surface area contributed by atoms with Gasteiger partial charge in [-0.3, -0.25) is 0 Å². The van der Waals surface area contributed by atoms with Gasteiger partial charge in [0.1, 0.15) is 25.1 Å². The van der Waals surface area contributed by atoms with E-state index in [0.29, 0.717) is 6.26 Å². The van der Waals surface area contributed by atoms with Gasteiger partial charge in [0.05, 0.1) is 35.9 Å². The maximum atomic E-state index is 9.08. The zero-order valence-electron chi connectivity index (χ0n) is 18.0. The number of fused-ring (bicyclic) bond motifs is 1. The average Bonchev–Trinajstić information content (AvgIpc) is 3.26. The van der Waals surface area contributed by atoms with E-state index in [1.54, 1.807) is 7.11 Å². The molecule has 2 aliphatic carbocycles. The summed E-state index contributed by atoms with van der Waals surface area (Å²) in [4.78, 5) is 0. The zero-order valence-corrected chi connectivity index (χ0v) is 18.8. The van der Waals surface area contributed by atoms with Gasteiger partial charge in [0.15, 0.2) is 5.79 Å². The van der Waals surface area contributed by atoms with Crippen LogP contribution in [0.5, 0.6) is 5.75 Å². The first-order chi connectivity index (χ1) is 14.1. The third kappa shape index (κ3) is 3.68. The van der Waals surface area contributed by atoms with Crippen molar-refractivity contribution in [1.29, 1.82) is 0 Å². The van der Waals surface area contributed by atoms with Gasteiger partial charge in [0.2, 0.25) is 0 Å². The van der Waals surface area contributed by atoms with Crippen LogP contribution in [0.15, 0.2) is 18.2 Å². The molecule has 0 N–H and O–H groups in total. The predicted octanol–water partition coefficient (Wildman–Crippen LogP) is 2.07. The lowest BCUT2D eigenvalue weighted by atomic mass is 9.53. The topological polar surface area (TPSA) is 87.9 Å². The molecule has 8 heteroatoms. The molecule has 2 aliphatic heterocycles. The summed E-state index contributed by atoms with van der Waals surface area (Å²) in [7, 11) is -2.15. The van der Waals surface area contributed by atoms with Gasteiger partial charge in [-0.05, 0) is 43.0 Å². The highest BCUT2D eigenvalue weighted by atomic mass is 32.2. The van der Waals surface area contributed by atoms with Gasteiger partial charge in [0, 0.05) is 30.9 Å². The summed E-state index contributed by atoms with van der Waals surface area (Å²) in [6.45, 7) is 5.94. The molecule has 2 unspecified atom stereocenters. The molecule has 166 valence electrons. The fourth-order valence-corrected chi connectivity index (χ4v) is 6.07. The van der Waals surface area contributed by atoms with Crippen molar-refractivity contribution in [3.63, 3.8) is 0 Å². The summed E-state index contributed by atoms with van der Waals surface area (Å²) in [6.07, 6.45) is 8.62. The molecule has 1 spiro atoms. The maximum Gasteiger partial charge on any atom is 0.169 e. The van der Waals surface area contributed by atoms with E-state index in [1.807, 2.05) is 0 Å². The highest BCUT2D eigenvalue weighted by molar-refractivity contribution is 7.84. The standard InChI is InChI=1S/C21H28NO3.CH4O3S/c1-3-22-9-8-20-14-21(24-10-11-25-21)7-6-19(20,15-22)13-16-4-5-17(23-2)12-18(16)20;1-5(2,3)4/h4-5,12,15H,3,6-11,13-14H2,1-2H3;1H3,(H,2,3,4)/q+1;/p-1. The molecule has 1 saturated heterocycles. The largest absolute Gasteiger partial charge is 0.748 e. The molecular formula is C22H31NO6S. The van der Waals surface area contributed by atoms with E-state index in [1.165, 1.54) is 17.5 Å². The Morgan fingerprint density at radius 1 is 1.20 bits per heavy atom. The second-order valence-corrected chi connectivity index (χ2v) is 10.3. The highest BCUT2D eigenvalue weighted by Crippen LogP contribution is 2.64. The van der Waals surface area contributed by atoms with Crippen molar-refractivity contribution in [3.8, 4) is 5.75 Å². The number of hydrogen-bond donors (Lipinski definition) is 0. The molecule has 1 saturated carbocycles. The molecule has 5 rings (SSSR count).